The number of rotatable bonds is 2. The minimum Gasteiger partial charge on any atom is -0.305 e. The third-order valence-electron chi connectivity index (χ3n) is 2.53. The van der Waals surface area contributed by atoms with E-state index in [9.17, 15) is 18.0 Å². The summed E-state index contributed by atoms with van der Waals surface area (Å²) in [6.07, 6.45) is 0. The third kappa shape index (κ3) is 3.51. The zero-order valence-corrected chi connectivity index (χ0v) is 10.5. The topological polar surface area (TPSA) is 64.9 Å². The number of nitrogens with one attached hydrogen (secondary N) is 2. The van der Waals surface area contributed by atoms with Gasteiger partial charge in [0.15, 0.2) is 0 Å². The molecule has 0 aliphatic carbocycles. The lowest BCUT2D eigenvalue weighted by Crippen LogP contribution is -2.20. The Morgan fingerprint density at radius 2 is 1.52 bits per heavy atom. The van der Waals surface area contributed by atoms with Gasteiger partial charge < -0.3 is 10.6 Å². The highest BCUT2D eigenvalue weighted by Crippen LogP contribution is 2.18. The molecular weight excluding hydrogens is 283 g/mol. The lowest BCUT2D eigenvalue weighted by Gasteiger charge is -2.09. The summed E-state index contributed by atoms with van der Waals surface area (Å²) in [6.45, 7) is 0. The highest BCUT2D eigenvalue weighted by Gasteiger charge is 2.10. The number of carbonyl (C=O) groups is 1. The number of nitriles is 1. The van der Waals surface area contributed by atoms with Gasteiger partial charge in [0.05, 0.1) is 23.0 Å². The van der Waals surface area contributed by atoms with Crippen LogP contribution in [0.25, 0.3) is 0 Å². The van der Waals surface area contributed by atoms with Crippen LogP contribution in [0.4, 0.5) is 29.3 Å². The van der Waals surface area contributed by atoms with Crippen molar-refractivity contribution in [3.05, 3.63) is 59.4 Å². The maximum atomic E-state index is 13.6. The number of anilines is 2. The number of carbonyl (C=O) groups excluding carboxylic acids is 1. The Hall–Kier alpha value is -3.01. The number of urea groups is 1. The smallest absolute Gasteiger partial charge is 0.305 e. The van der Waals surface area contributed by atoms with E-state index in [2.05, 4.69) is 10.6 Å². The summed E-state index contributed by atoms with van der Waals surface area (Å²) < 4.78 is 39.6. The van der Waals surface area contributed by atoms with Gasteiger partial charge in [0.2, 0.25) is 0 Å². The largest absolute Gasteiger partial charge is 0.323 e. The van der Waals surface area contributed by atoms with Crippen LogP contribution in [0.1, 0.15) is 5.56 Å². The maximum Gasteiger partial charge on any atom is 0.323 e. The van der Waals surface area contributed by atoms with Gasteiger partial charge in [-0.25, -0.2) is 18.0 Å². The number of benzene rings is 2. The molecule has 0 aliphatic heterocycles. The van der Waals surface area contributed by atoms with Gasteiger partial charge in [-0.3, -0.25) is 0 Å². The molecule has 0 saturated carbocycles. The molecule has 0 radical (unpaired) electrons. The standard InChI is InChI=1S/C14H8F3N3O/c15-9-2-4-13(11(17)6-9)20-14(21)19-12-3-1-8(7-18)5-10(12)16/h1-6H,(H2,19,20,21). The highest BCUT2D eigenvalue weighted by molar-refractivity contribution is 5.99. The molecule has 21 heavy (non-hydrogen) atoms. The second kappa shape index (κ2) is 5.96. The molecule has 0 spiro atoms. The molecule has 2 aromatic rings. The van der Waals surface area contributed by atoms with Crippen LogP contribution in [0.2, 0.25) is 0 Å². The fraction of sp³-hybridized carbons (Fsp3) is 0. The van der Waals surface area contributed by atoms with E-state index in [1.807, 2.05) is 0 Å². The molecular formula is C14H8F3N3O. The molecule has 0 atom stereocenters. The quantitative estimate of drug-likeness (QED) is 0.887. The van der Waals surface area contributed by atoms with Crippen LogP contribution in [0, 0.1) is 28.8 Å². The van der Waals surface area contributed by atoms with Crippen molar-refractivity contribution in [1.29, 1.82) is 5.26 Å². The van der Waals surface area contributed by atoms with Crippen LogP contribution < -0.4 is 10.6 Å². The van der Waals surface area contributed by atoms with E-state index in [0.29, 0.717) is 6.07 Å². The number of halogens is 3. The van der Waals surface area contributed by atoms with Crippen LogP contribution in [-0.2, 0) is 0 Å². The van der Waals surface area contributed by atoms with Gasteiger partial charge in [-0.15, -0.1) is 0 Å². The number of hydrogen-bond acceptors (Lipinski definition) is 2. The van der Waals surface area contributed by atoms with Crippen LogP contribution in [0.3, 0.4) is 0 Å². The second-order valence-electron chi connectivity index (χ2n) is 4.01. The van der Waals surface area contributed by atoms with Gasteiger partial charge >= 0.3 is 6.03 Å². The van der Waals surface area contributed by atoms with Crippen LogP contribution in [0.15, 0.2) is 36.4 Å². The molecule has 0 aromatic heterocycles. The molecule has 0 heterocycles. The van der Waals surface area contributed by atoms with Crippen molar-refractivity contribution in [1.82, 2.24) is 0 Å². The molecule has 7 heteroatoms. The molecule has 106 valence electrons. The normalized spacial score (nSPS) is 9.81. The molecule has 2 aromatic carbocycles. The SMILES string of the molecule is N#Cc1ccc(NC(=O)Nc2ccc(F)cc2F)c(F)c1. The molecule has 0 unspecified atom stereocenters. The van der Waals surface area contributed by atoms with Gasteiger partial charge in [-0.1, -0.05) is 0 Å². The van der Waals surface area contributed by atoms with Gasteiger partial charge in [-0.2, -0.15) is 5.26 Å². The van der Waals surface area contributed by atoms with E-state index in [1.165, 1.54) is 12.1 Å². The van der Waals surface area contributed by atoms with Crippen molar-refractivity contribution in [2.45, 2.75) is 0 Å². The lowest BCUT2D eigenvalue weighted by molar-refractivity contribution is 0.262. The van der Waals surface area contributed by atoms with Crippen molar-refractivity contribution < 1.29 is 18.0 Å². The number of nitrogens with zero attached hydrogens (tertiary/aromatic N) is 1. The van der Waals surface area contributed by atoms with Gasteiger partial charge in [0, 0.05) is 6.07 Å². The Bertz CT molecular complexity index is 741. The summed E-state index contributed by atoms with van der Waals surface area (Å²) in [6, 6.07) is 6.94. The van der Waals surface area contributed by atoms with E-state index in [0.717, 1.165) is 18.2 Å². The molecule has 0 bridgehead atoms. The lowest BCUT2D eigenvalue weighted by atomic mass is 10.2. The van der Waals surface area contributed by atoms with Crippen molar-refractivity contribution in [2.75, 3.05) is 10.6 Å². The van der Waals surface area contributed by atoms with E-state index >= 15 is 0 Å². The molecule has 0 fully saturated rings. The minimum absolute atomic E-state index is 0.100. The third-order valence-corrected chi connectivity index (χ3v) is 2.53. The first-order valence-corrected chi connectivity index (χ1v) is 5.72. The second-order valence-corrected chi connectivity index (χ2v) is 4.01. The fourth-order valence-electron chi connectivity index (χ4n) is 1.55. The zero-order valence-electron chi connectivity index (χ0n) is 10.5. The molecule has 2 N–H and O–H groups in total. The monoisotopic (exact) mass is 291 g/mol. The van der Waals surface area contributed by atoms with Crippen LogP contribution >= 0.6 is 0 Å². The van der Waals surface area contributed by atoms with Gasteiger partial charge in [0.25, 0.3) is 0 Å². The summed E-state index contributed by atoms with van der Waals surface area (Å²) in [5.74, 6) is -2.54. The first-order chi connectivity index (χ1) is 9.99. The summed E-state index contributed by atoms with van der Waals surface area (Å²) in [7, 11) is 0. The number of amides is 2. The van der Waals surface area contributed by atoms with E-state index in [-0.39, 0.29) is 16.9 Å². The van der Waals surface area contributed by atoms with E-state index in [4.69, 9.17) is 5.26 Å². The predicted molar refractivity (Wildman–Crippen MR) is 70.1 cm³/mol. The highest BCUT2D eigenvalue weighted by atomic mass is 19.1. The molecule has 4 nitrogen and oxygen atoms in total. The van der Waals surface area contributed by atoms with Crippen LogP contribution in [-0.4, -0.2) is 6.03 Å². The molecule has 2 amide bonds. The zero-order chi connectivity index (χ0) is 15.4. The van der Waals surface area contributed by atoms with Crippen molar-refractivity contribution in [3.63, 3.8) is 0 Å². The van der Waals surface area contributed by atoms with E-state index in [1.54, 1.807) is 6.07 Å². The fourth-order valence-corrected chi connectivity index (χ4v) is 1.55. The average molecular weight is 291 g/mol. The predicted octanol–water partition coefficient (Wildman–Crippen LogP) is 3.62. The summed E-state index contributed by atoms with van der Waals surface area (Å²) in [4.78, 5) is 11.6. The van der Waals surface area contributed by atoms with Crippen molar-refractivity contribution in [3.8, 4) is 6.07 Å². The first-order valence-electron chi connectivity index (χ1n) is 5.72. The van der Waals surface area contributed by atoms with Crippen molar-refractivity contribution in [2.24, 2.45) is 0 Å². The van der Waals surface area contributed by atoms with Gasteiger partial charge in [-0.05, 0) is 30.3 Å². The number of hydrogen-bond donors (Lipinski definition) is 2. The molecule has 0 aliphatic rings. The Morgan fingerprint density at radius 1 is 0.952 bits per heavy atom. The Balaban J connectivity index is 2.10. The van der Waals surface area contributed by atoms with Crippen molar-refractivity contribution >= 4 is 17.4 Å². The summed E-state index contributed by atoms with van der Waals surface area (Å²) in [5.41, 5.74) is -0.319. The maximum absolute atomic E-state index is 13.6. The Labute approximate surface area is 117 Å². The molecule has 0 saturated heterocycles. The Morgan fingerprint density at radius 3 is 2.05 bits per heavy atom. The van der Waals surface area contributed by atoms with Crippen LogP contribution in [0.5, 0.6) is 0 Å². The summed E-state index contributed by atoms with van der Waals surface area (Å²) >= 11 is 0. The Kier molecular flexibility index (Phi) is 4.09. The molecule has 2 rings (SSSR count). The van der Waals surface area contributed by atoms with E-state index < -0.39 is 23.5 Å². The minimum atomic E-state index is -0.953. The van der Waals surface area contributed by atoms with Gasteiger partial charge in [0.1, 0.15) is 17.5 Å². The summed E-state index contributed by atoms with van der Waals surface area (Å²) in [5, 5.41) is 12.9. The first kappa shape index (κ1) is 14.4. The average Bonchev–Trinajstić information content (AvgIpc) is 2.44.